The van der Waals surface area contributed by atoms with E-state index in [1.165, 1.54) is 6.07 Å². The highest BCUT2D eigenvalue weighted by Gasteiger charge is 2.18. The van der Waals surface area contributed by atoms with Crippen molar-refractivity contribution in [2.75, 3.05) is 5.32 Å². The Morgan fingerprint density at radius 2 is 2.04 bits per heavy atom. The number of halogens is 3. The first-order valence-corrected chi connectivity index (χ1v) is 7.90. The van der Waals surface area contributed by atoms with E-state index in [0.29, 0.717) is 21.1 Å². The number of nitrogens with one attached hydrogen (secondary N) is 2. The third-order valence-corrected chi connectivity index (χ3v) is 4.13. The van der Waals surface area contributed by atoms with Gasteiger partial charge in [0.15, 0.2) is 11.6 Å². The lowest BCUT2D eigenvalue weighted by Gasteiger charge is -2.18. The number of amides is 1. The van der Waals surface area contributed by atoms with Crippen molar-refractivity contribution < 1.29 is 19.0 Å². The summed E-state index contributed by atoms with van der Waals surface area (Å²) in [5, 5.41) is 11.6. The van der Waals surface area contributed by atoms with Crippen LogP contribution in [-0.2, 0) is 0 Å². The summed E-state index contributed by atoms with van der Waals surface area (Å²) >= 11 is 12.3. The van der Waals surface area contributed by atoms with Crippen LogP contribution in [-0.4, -0.2) is 21.2 Å². The molecule has 0 radical (unpaired) electrons. The van der Waals surface area contributed by atoms with Crippen LogP contribution in [0, 0.1) is 5.82 Å². The highest BCUT2D eigenvalue weighted by Crippen LogP contribution is 2.34. The number of nitrogens with zero attached hydrogens (tertiary/aromatic N) is 1. The number of carboxylic acid groups (broad SMARTS) is 1. The van der Waals surface area contributed by atoms with Gasteiger partial charge < -0.3 is 14.8 Å². The number of ether oxygens (including phenoxy) is 1. The van der Waals surface area contributed by atoms with Crippen molar-refractivity contribution in [3.63, 3.8) is 0 Å². The van der Waals surface area contributed by atoms with Gasteiger partial charge in [0.1, 0.15) is 6.10 Å². The second kappa shape index (κ2) is 6.78. The molecule has 1 unspecified atom stereocenters. The lowest BCUT2D eigenvalue weighted by atomic mass is 10.1. The predicted octanol–water partition coefficient (Wildman–Crippen LogP) is 5.24. The molecule has 0 spiro atoms. The quantitative estimate of drug-likeness (QED) is 0.574. The van der Waals surface area contributed by atoms with Gasteiger partial charge in [-0.1, -0.05) is 29.3 Å². The van der Waals surface area contributed by atoms with Gasteiger partial charge in [0, 0.05) is 27.7 Å². The molecule has 2 aromatic carbocycles. The van der Waals surface area contributed by atoms with Crippen LogP contribution in [0.4, 0.5) is 15.1 Å². The Kier molecular flexibility index (Phi) is 4.69. The first-order chi connectivity index (χ1) is 11.8. The maximum Gasteiger partial charge on any atom is 0.411 e. The fraction of sp³-hybridized carbons (Fsp3) is 0.125. The highest BCUT2D eigenvalue weighted by atomic mass is 35.5. The standard InChI is InChI=1S/C16H12Cl2FN3O3/c1-7(14-8(17)3-2-4-9(14)18)25-13-6-12-11(5-10(13)19)20-15(21-12)22-16(23)24/h2-7H,1H3,(H,23,24)(H2,20,21,22). The average Bonchev–Trinajstić information content (AvgIpc) is 2.87. The number of H-pyrrole nitrogens is 1. The average molecular weight is 384 g/mol. The van der Waals surface area contributed by atoms with Crippen LogP contribution in [0.3, 0.4) is 0 Å². The minimum Gasteiger partial charge on any atom is -0.483 e. The molecule has 9 heteroatoms. The molecule has 3 rings (SSSR count). The summed E-state index contributed by atoms with van der Waals surface area (Å²) in [6.07, 6.45) is -1.88. The summed E-state index contributed by atoms with van der Waals surface area (Å²) in [7, 11) is 0. The Balaban J connectivity index is 1.93. The largest absolute Gasteiger partial charge is 0.483 e. The predicted molar refractivity (Wildman–Crippen MR) is 93.2 cm³/mol. The molecule has 130 valence electrons. The zero-order chi connectivity index (χ0) is 18.1. The van der Waals surface area contributed by atoms with Crippen molar-refractivity contribution in [2.24, 2.45) is 0 Å². The Labute approximate surface area is 151 Å². The van der Waals surface area contributed by atoms with Crippen LogP contribution in [0.15, 0.2) is 30.3 Å². The number of aromatic amines is 1. The molecular formula is C16H12Cl2FN3O3. The van der Waals surface area contributed by atoms with E-state index in [2.05, 4.69) is 15.3 Å². The molecule has 0 saturated carbocycles. The molecule has 0 aliphatic heterocycles. The van der Waals surface area contributed by atoms with Crippen LogP contribution >= 0.6 is 23.2 Å². The van der Waals surface area contributed by atoms with Crippen LogP contribution in [0.2, 0.25) is 10.0 Å². The second-order valence-corrected chi connectivity index (χ2v) is 6.03. The second-order valence-electron chi connectivity index (χ2n) is 5.21. The Bertz CT molecular complexity index is 941. The summed E-state index contributed by atoms with van der Waals surface area (Å²) in [6.45, 7) is 1.70. The zero-order valence-electron chi connectivity index (χ0n) is 12.8. The SMILES string of the molecule is CC(Oc1cc2[nH]c(NC(=O)O)nc2cc1F)c1c(Cl)cccc1Cl. The zero-order valence-corrected chi connectivity index (χ0v) is 14.3. The lowest BCUT2D eigenvalue weighted by molar-refractivity contribution is 0.209. The molecule has 25 heavy (non-hydrogen) atoms. The first kappa shape index (κ1) is 17.3. The molecule has 1 atom stereocenters. The normalized spacial score (nSPS) is 12.2. The molecule has 0 bridgehead atoms. The minimum atomic E-state index is -1.28. The summed E-state index contributed by atoms with van der Waals surface area (Å²) in [5.74, 6) is -0.696. The van der Waals surface area contributed by atoms with E-state index >= 15 is 0 Å². The van der Waals surface area contributed by atoms with Gasteiger partial charge in [0.2, 0.25) is 5.95 Å². The molecule has 1 amide bonds. The summed E-state index contributed by atoms with van der Waals surface area (Å²) in [5.41, 5.74) is 1.22. The van der Waals surface area contributed by atoms with Gasteiger partial charge in [-0.25, -0.2) is 14.2 Å². The number of benzene rings is 2. The number of carbonyl (C=O) groups is 1. The minimum absolute atomic E-state index is 0.0127. The Hall–Kier alpha value is -2.51. The summed E-state index contributed by atoms with van der Waals surface area (Å²) in [4.78, 5) is 17.3. The topological polar surface area (TPSA) is 87.2 Å². The lowest BCUT2D eigenvalue weighted by Crippen LogP contribution is -2.08. The molecule has 6 nitrogen and oxygen atoms in total. The van der Waals surface area contributed by atoms with E-state index in [1.807, 2.05) is 0 Å². The van der Waals surface area contributed by atoms with Gasteiger partial charge in [0.25, 0.3) is 0 Å². The molecule has 3 N–H and O–H groups in total. The Morgan fingerprint density at radius 1 is 1.36 bits per heavy atom. The maximum absolute atomic E-state index is 14.3. The molecule has 0 aliphatic carbocycles. The van der Waals surface area contributed by atoms with Crippen LogP contribution in [0.25, 0.3) is 11.0 Å². The molecule has 1 aromatic heterocycles. The van der Waals surface area contributed by atoms with E-state index in [0.717, 1.165) is 6.07 Å². The van der Waals surface area contributed by atoms with Crippen molar-refractivity contribution in [3.8, 4) is 5.75 Å². The van der Waals surface area contributed by atoms with Crippen molar-refractivity contribution in [1.82, 2.24) is 9.97 Å². The molecule has 3 aromatic rings. The van der Waals surface area contributed by atoms with Gasteiger partial charge in [-0.05, 0) is 19.1 Å². The van der Waals surface area contributed by atoms with Gasteiger partial charge in [0.05, 0.1) is 11.0 Å². The number of hydrogen-bond acceptors (Lipinski definition) is 3. The molecule has 1 heterocycles. The van der Waals surface area contributed by atoms with Crippen LogP contribution in [0.5, 0.6) is 5.75 Å². The third kappa shape index (κ3) is 3.62. The van der Waals surface area contributed by atoms with E-state index in [-0.39, 0.29) is 17.2 Å². The summed E-state index contributed by atoms with van der Waals surface area (Å²) < 4.78 is 19.9. The first-order valence-electron chi connectivity index (χ1n) is 7.15. The van der Waals surface area contributed by atoms with Crippen molar-refractivity contribution in [3.05, 3.63) is 51.8 Å². The number of rotatable bonds is 4. The molecular weight excluding hydrogens is 372 g/mol. The van der Waals surface area contributed by atoms with Crippen molar-refractivity contribution in [2.45, 2.75) is 13.0 Å². The van der Waals surface area contributed by atoms with Gasteiger partial charge in [-0.3, -0.25) is 5.32 Å². The van der Waals surface area contributed by atoms with E-state index in [4.69, 9.17) is 33.0 Å². The smallest absolute Gasteiger partial charge is 0.411 e. The van der Waals surface area contributed by atoms with E-state index < -0.39 is 18.0 Å². The fourth-order valence-corrected chi connectivity index (χ4v) is 3.12. The monoisotopic (exact) mass is 383 g/mol. The number of fused-ring (bicyclic) bond motifs is 1. The maximum atomic E-state index is 14.3. The molecule has 0 saturated heterocycles. The molecule has 0 aliphatic rings. The van der Waals surface area contributed by atoms with Crippen molar-refractivity contribution >= 4 is 46.3 Å². The van der Waals surface area contributed by atoms with Crippen LogP contribution < -0.4 is 10.1 Å². The van der Waals surface area contributed by atoms with Crippen molar-refractivity contribution in [1.29, 1.82) is 0 Å². The number of imidazole rings is 1. The van der Waals surface area contributed by atoms with E-state index in [9.17, 15) is 9.18 Å². The van der Waals surface area contributed by atoms with Gasteiger partial charge >= 0.3 is 6.09 Å². The fourth-order valence-electron chi connectivity index (χ4n) is 2.41. The molecule has 0 fully saturated rings. The van der Waals surface area contributed by atoms with Gasteiger partial charge in [-0.15, -0.1) is 0 Å². The van der Waals surface area contributed by atoms with E-state index in [1.54, 1.807) is 25.1 Å². The third-order valence-electron chi connectivity index (χ3n) is 3.47. The number of hydrogen-bond donors (Lipinski definition) is 3. The number of aromatic nitrogens is 2. The van der Waals surface area contributed by atoms with Gasteiger partial charge in [-0.2, -0.15) is 0 Å². The number of anilines is 1. The van der Waals surface area contributed by atoms with Crippen LogP contribution in [0.1, 0.15) is 18.6 Å². The Morgan fingerprint density at radius 3 is 2.68 bits per heavy atom. The summed E-state index contributed by atoms with van der Waals surface area (Å²) in [6, 6.07) is 7.58. The highest BCUT2D eigenvalue weighted by molar-refractivity contribution is 6.36.